The van der Waals surface area contributed by atoms with Gasteiger partial charge in [-0.05, 0) is 19.8 Å². The van der Waals surface area contributed by atoms with Crippen molar-refractivity contribution in [1.82, 2.24) is 5.32 Å². The summed E-state index contributed by atoms with van der Waals surface area (Å²) in [6.45, 7) is 2.58. The molecule has 2 fully saturated rings. The van der Waals surface area contributed by atoms with Crippen LogP contribution in [0.1, 0.15) is 19.8 Å². The minimum absolute atomic E-state index is 0.0379. The van der Waals surface area contributed by atoms with Crippen LogP contribution in [0.3, 0.4) is 0 Å². The summed E-state index contributed by atoms with van der Waals surface area (Å²) < 4.78 is 5.31. The van der Waals surface area contributed by atoms with Crippen LogP contribution in [0.25, 0.3) is 0 Å². The summed E-state index contributed by atoms with van der Waals surface area (Å²) in [7, 11) is 0. The van der Waals surface area contributed by atoms with Gasteiger partial charge < -0.3 is 15.2 Å². The van der Waals surface area contributed by atoms with E-state index in [4.69, 9.17) is 9.84 Å². The van der Waals surface area contributed by atoms with Gasteiger partial charge in [0.05, 0.1) is 24.0 Å². The van der Waals surface area contributed by atoms with E-state index in [1.165, 1.54) is 0 Å². The maximum absolute atomic E-state index is 11.6. The molecule has 1 saturated heterocycles. The Bertz CT molecular complexity index is 291. The molecule has 1 aliphatic heterocycles. The highest BCUT2D eigenvalue weighted by Gasteiger charge is 2.49. The lowest BCUT2D eigenvalue weighted by atomic mass is 10.1. The summed E-state index contributed by atoms with van der Waals surface area (Å²) in [6, 6.07) is 0.0487. The first-order chi connectivity index (χ1) is 7.09. The van der Waals surface area contributed by atoms with E-state index in [1.807, 2.05) is 6.92 Å². The third-order valence-electron chi connectivity index (χ3n) is 3.15. The van der Waals surface area contributed by atoms with Gasteiger partial charge in [0, 0.05) is 6.61 Å². The van der Waals surface area contributed by atoms with Crippen LogP contribution in [0.5, 0.6) is 0 Å². The summed E-state index contributed by atoms with van der Waals surface area (Å²) in [5.74, 6) is -1.80. The first-order valence-corrected chi connectivity index (χ1v) is 5.24. The highest BCUT2D eigenvalue weighted by molar-refractivity contribution is 5.89. The van der Waals surface area contributed by atoms with E-state index < -0.39 is 11.9 Å². The first kappa shape index (κ1) is 10.4. The number of hydrogen-bond donors (Lipinski definition) is 2. The monoisotopic (exact) mass is 213 g/mol. The predicted molar refractivity (Wildman–Crippen MR) is 51.2 cm³/mol. The van der Waals surface area contributed by atoms with E-state index in [0.29, 0.717) is 13.0 Å². The molecule has 1 saturated carbocycles. The lowest BCUT2D eigenvalue weighted by Gasteiger charge is -2.15. The fourth-order valence-electron chi connectivity index (χ4n) is 1.97. The molecule has 15 heavy (non-hydrogen) atoms. The molecule has 2 aliphatic rings. The number of carboxylic acid groups (broad SMARTS) is 1. The van der Waals surface area contributed by atoms with Gasteiger partial charge in [-0.2, -0.15) is 0 Å². The smallest absolute Gasteiger partial charge is 0.307 e. The molecule has 0 spiro atoms. The van der Waals surface area contributed by atoms with Crippen molar-refractivity contribution in [3.8, 4) is 0 Å². The Hall–Kier alpha value is -1.10. The zero-order chi connectivity index (χ0) is 11.0. The number of aliphatic carboxylic acids is 1. The van der Waals surface area contributed by atoms with E-state index in [0.717, 1.165) is 6.42 Å². The Labute approximate surface area is 87.8 Å². The van der Waals surface area contributed by atoms with Crippen LogP contribution in [0.15, 0.2) is 0 Å². The fourth-order valence-corrected chi connectivity index (χ4v) is 1.97. The minimum atomic E-state index is -0.870. The standard InChI is InChI=1S/C10H15NO4/c1-5-8(2-3-15-5)11-9(12)6-4-7(6)10(13)14/h5-8H,2-4H2,1H3,(H,11,12)(H,13,14)/t5?,6-,7+,8?/m1/s1. The van der Waals surface area contributed by atoms with Gasteiger partial charge in [0.2, 0.25) is 5.91 Å². The summed E-state index contributed by atoms with van der Waals surface area (Å²) >= 11 is 0. The zero-order valence-electron chi connectivity index (χ0n) is 8.60. The first-order valence-electron chi connectivity index (χ1n) is 5.24. The Morgan fingerprint density at radius 1 is 1.40 bits per heavy atom. The molecule has 0 aromatic carbocycles. The van der Waals surface area contributed by atoms with Gasteiger partial charge >= 0.3 is 5.97 Å². The van der Waals surface area contributed by atoms with Crippen molar-refractivity contribution in [2.45, 2.75) is 31.9 Å². The molecule has 0 radical (unpaired) electrons. The Morgan fingerprint density at radius 3 is 2.60 bits per heavy atom. The quantitative estimate of drug-likeness (QED) is 0.692. The van der Waals surface area contributed by atoms with Gasteiger partial charge in [-0.3, -0.25) is 9.59 Å². The maximum atomic E-state index is 11.6. The fraction of sp³-hybridized carbons (Fsp3) is 0.800. The molecule has 2 rings (SSSR count). The molecule has 2 unspecified atom stereocenters. The van der Waals surface area contributed by atoms with Gasteiger partial charge in [0.1, 0.15) is 0 Å². The number of amides is 1. The Balaban J connectivity index is 1.81. The highest BCUT2D eigenvalue weighted by atomic mass is 16.5. The number of carbonyl (C=O) groups excluding carboxylic acids is 1. The minimum Gasteiger partial charge on any atom is -0.481 e. The largest absolute Gasteiger partial charge is 0.481 e. The molecule has 0 bridgehead atoms. The SMILES string of the molecule is CC1OCCC1NC(=O)[C@@H]1C[C@@H]1C(=O)O. The van der Waals surface area contributed by atoms with Crippen molar-refractivity contribution in [2.75, 3.05) is 6.61 Å². The molecule has 1 amide bonds. The lowest BCUT2D eigenvalue weighted by Crippen LogP contribution is -2.40. The van der Waals surface area contributed by atoms with Gasteiger partial charge in [-0.25, -0.2) is 0 Å². The Kier molecular flexibility index (Phi) is 2.65. The lowest BCUT2D eigenvalue weighted by molar-refractivity contribution is -0.140. The number of rotatable bonds is 3. The average molecular weight is 213 g/mol. The van der Waals surface area contributed by atoms with Crippen LogP contribution in [-0.4, -0.2) is 35.7 Å². The third kappa shape index (κ3) is 2.12. The van der Waals surface area contributed by atoms with Gasteiger partial charge in [0.15, 0.2) is 0 Å². The molecule has 84 valence electrons. The second-order valence-corrected chi connectivity index (χ2v) is 4.27. The third-order valence-corrected chi connectivity index (χ3v) is 3.15. The molecule has 1 aliphatic carbocycles. The Morgan fingerprint density at radius 2 is 2.13 bits per heavy atom. The number of ether oxygens (including phenoxy) is 1. The molecule has 4 atom stereocenters. The molecule has 5 nitrogen and oxygen atoms in total. The second kappa shape index (κ2) is 3.81. The van der Waals surface area contributed by atoms with Crippen molar-refractivity contribution in [1.29, 1.82) is 0 Å². The summed E-state index contributed by atoms with van der Waals surface area (Å²) in [6.07, 6.45) is 1.33. The maximum Gasteiger partial charge on any atom is 0.307 e. The molecular formula is C10H15NO4. The van der Waals surface area contributed by atoms with Gasteiger partial charge in [-0.15, -0.1) is 0 Å². The number of nitrogens with one attached hydrogen (secondary N) is 1. The van der Waals surface area contributed by atoms with Crippen molar-refractivity contribution in [3.63, 3.8) is 0 Å². The summed E-state index contributed by atoms with van der Waals surface area (Å²) in [5, 5.41) is 11.5. The van der Waals surface area contributed by atoms with Gasteiger partial charge in [-0.1, -0.05) is 0 Å². The van der Waals surface area contributed by atoms with E-state index in [9.17, 15) is 9.59 Å². The normalized spacial score (nSPS) is 38.7. The molecule has 1 heterocycles. The highest BCUT2D eigenvalue weighted by Crippen LogP contribution is 2.38. The van der Waals surface area contributed by atoms with Crippen LogP contribution in [0, 0.1) is 11.8 Å². The van der Waals surface area contributed by atoms with E-state index in [2.05, 4.69) is 5.32 Å². The van der Waals surface area contributed by atoms with Crippen LogP contribution in [-0.2, 0) is 14.3 Å². The van der Waals surface area contributed by atoms with Gasteiger partial charge in [0.25, 0.3) is 0 Å². The van der Waals surface area contributed by atoms with Crippen molar-refractivity contribution >= 4 is 11.9 Å². The van der Waals surface area contributed by atoms with Crippen LogP contribution >= 0.6 is 0 Å². The van der Waals surface area contributed by atoms with Crippen LogP contribution < -0.4 is 5.32 Å². The number of hydrogen-bond acceptors (Lipinski definition) is 3. The molecule has 5 heteroatoms. The predicted octanol–water partition coefficient (Wildman–Crippen LogP) is 0.000700. The van der Waals surface area contributed by atoms with Crippen LogP contribution in [0.4, 0.5) is 0 Å². The van der Waals surface area contributed by atoms with E-state index in [1.54, 1.807) is 0 Å². The van der Waals surface area contributed by atoms with E-state index in [-0.39, 0.29) is 24.0 Å². The molecule has 0 aromatic heterocycles. The van der Waals surface area contributed by atoms with Crippen molar-refractivity contribution in [2.24, 2.45) is 11.8 Å². The topological polar surface area (TPSA) is 75.6 Å². The molecule has 2 N–H and O–H groups in total. The van der Waals surface area contributed by atoms with Crippen molar-refractivity contribution in [3.05, 3.63) is 0 Å². The number of carboxylic acids is 1. The van der Waals surface area contributed by atoms with Crippen molar-refractivity contribution < 1.29 is 19.4 Å². The summed E-state index contributed by atoms with van der Waals surface area (Å²) in [5.41, 5.74) is 0. The molecule has 0 aromatic rings. The summed E-state index contributed by atoms with van der Waals surface area (Å²) in [4.78, 5) is 22.2. The second-order valence-electron chi connectivity index (χ2n) is 4.27. The van der Waals surface area contributed by atoms with E-state index >= 15 is 0 Å². The molecular weight excluding hydrogens is 198 g/mol. The average Bonchev–Trinajstić information content (AvgIpc) is 2.88. The zero-order valence-corrected chi connectivity index (χ0v) is 8.60. The van der Waals surface area contributed by atoms with Crippen LogP contribution in [0.2, 0.25) is 0 Å². The number of carbonyl (C=O) groups is 2.